The third-order valence-electron chi connectivity index (χ3n) is 7.85. The first-order valence-electron chi connectivity index (χ1n) is 16.8. The number of hydrogen-bond acceptors (Lipinski definition) is 9. The molecular formula is C39H50O9Si. The quantitative estimate of drug-likeness (QED) is 0.0949. The number of benzene rings is 3. The van der Waals surface area contributed by atoms with Gasteiger partial charge in [-0.3, -0.25) is 19.2 Å². The maximum absolute atomic E-state index is 13.0. The van der Waals surface area contributed by atoms with Crippen LogP contribution in [0, 0.1) is 0 Å². The van der Waals surface area contributed by atoms with Gasteiger partial charge in [0.1, 0.15) is 24.9 Å². The Labute approximate surface area is 291 Å². The summed E-state index contributed by atoms with van der Waals surface area (Å²) in [6.07, 6.45) is -3.17. The average Bonchev–Trinajstić information content (AvgIpc) is 3.02. The van der Waals surface area contributed by atoms with Crippen LogP contribution < -0.4 is 10.4 Å². The minimum Gasteiger partial charge on any atom is -0.462 e. The van der Waals surface area contributed by atoms with Gasteiger partial charge in [0.15, 0.2) is 0 Å². The lowest BCUT2D eigenvalue weighted by Gasteiger charge is -2.44. The van der Waals surface area contributed by atoms with Crippen molar-refractivity contribution in [2.24, 2.45) is 0 Å². The molecule has 0 aromatic heterocycles. The van der Waals surface area contributed by atoms with E-state index in [1.165, 1.54) is 0 Å². The van der Waals surface area contributed by atoms with Crippen molar-refractivity contribution < 1.29 is 42.6 Å². The van der Waals surface area contributed by atoms with Gasteiger partial charge in [-0.2, -0.15) is 0 Å². The normalized spacial score (nSPS) is 14.1. The summed E-state index contributed by atoms with van der Waals surface area (Å²) in [4.78, 5) is 50.0. The molecule has 0 saturated carbocycles. The molecule has 3 aromatic carbocycles. The SMILES string of the molecule is C[C@H](CC(=O)OCc1ccccc1)OC(=O)C[C@@H](C)OC(=O)C[C@@H](C)OC(=O)C[C@@H](C)O[Si](c1ccccc1)(c1ccccc1)C(C)(C)C. The van der Waals surface area contributed by atoms with Crippen LogP contribution >= 0.6 is 0 Å². The van der Waals surface area contributed by atoms with Gasteiger partial charge in [-0.15, -0.1) is 0 Å². The number of rotatable bonds is 17. The van der Waals surface area contributed by atoms with Crippen molar-refractivity contribution in [1.29, 1.82) is 0 Å². The van der Waals surface area contributed by atoms with E-state index >= 15 is 0 Å². The summed E-state index contributed by atoms with van der Waals surface area (Å²) in [6.45, 7) is 13.3. The molecule has 3 rings (SSSR count). The van der Waals surface area contributed by atoms with Crippen LogP contribution in [0.25, 0.3) is 0 Å². The number of esters is 4. The van der Waals surface area contributed by atoms with Crippen LogP contribution in [-0.4, -0.2) is 56.6 Å². The zero-order valence-corrected chi connectivity index (χ0v) is 30.7. The molecule has 49 heavy (non-hydrogen) atoms. The Bertz CT molecular complexity index is 1450. The summed E-state index contributed by atoms with van der Waals surface area (Å²) in [5.41, 5.74) is 0.857. The summed E-state index contributed by atoms with van der Waals surface area (Å²) in [5, 5.41) is 1.97. The molecule has 0 aliphatic rings. The molecule has 0 fully saturated rings. The molecule has 0 aliphatic carbocycles. The zero-order valence-electron chi connectivity index (χ0n) is 29.7. The van der Waals surface area contributed by atoms with Crippen molar-refractivity contribution in [2.75, 3.05) is 0 Å². The van der Waals surface area contributed by atoms with Gasteiger partial charge in [0.25, 0.3) is 8.32 Å². The van der Waals surface area contributed by atoms with Crippen molar-refractivity contribution in [2.45, 2.75) is 110 Å². The van der Waals surface area contributed by atoms with Crippen molar-refractivity contribution in [3.8, 4) is 0 Å². The lowest BCUT2D eigenvalue weighted by atomic mass is 10.2. The first-order chi connectivity index (χ1) is 23.2. The van der Waals surface area contributed by atoms with Gasteiger partial charge < -0.3 is 23.4 Å². The Kier molecular flexibility index (Phi) is 14.8. The molecule has 0 saturated heterocycles. The molecule has 0 bridgehead atoms. The van der Waals surface area contributed by atoms with Gasteiger partial charge in [0.05, 0.1) is 31.8 Å². The molecular weight excluding hydrogens is 641 g/mol. The Balaban J connectivity index is 1.45. The van der Waals surface area contributed by atoms with Crippen LogP contribution in [0.15, 0.2) is 91.0 Å². The van der Waals surface area contributed by atoms with Crippen LogP contribution in [0.2, 0.25) is 5.04 Å². The Morgan fingerprint density at radius 2 is 0.878 bits per heavy atom. The van der Waals surface area contributed by atoms with Crippen molar-refractivity contribution in [1.82, 2.24) is 0 Å². The molecule has 0 heterocycles. The average molecular weight is 691 g/mol. The minimum absolute atomic E-state index is 0.00408. The number of ether oxygens (including phenoxy) is 4. The zero-order chi connectivity index (χ0) is 36.0. The predicted molar refractivity (Wildman–Crippen MR) is 190 cm³/mol. The molecule has 0 amide bonds. The van der Waals surface area contributed by atoms with Crippen LogP contribution in [-0.2, 0) is 49.2 Å². The maximum atomic E-state index is 13.0. The highest BCUT2D eigenvalue weighted by Crippen LogP contribution is 2.37. The third-order valence-corrected chi connectivity index (χ3v) is 13.0. The lowest BCUT2D eigenvalue weighted by Crippen LogP contribution is -2.67. The topological polar surface area (TPSA) is 114 Å². The fourth-order valence-electron chi connectivity index (χ4n) is 5.71. The number of hydrogen-bond donors (Lipinski definition) is 0. The molecule has 4 atom stereocenters. The summed E-state index contributed by atoms with van der Waals surface area (Å²) in [5.74, 6) is -2.21. The highest BCUT2D eigenvalue weighted by atomic mass is 28.4. The van der Waals surface area contributed by atoms with E-state index in [0.29, 0.717) is 0 Å². The standard InChI is InChI=1S/C39H50O9Si/c1-28(23-35(40)44-27-32-17-11-8-12-18-32)45-36(41)24-29(2)46-37(42)25-30(3)47-38(43)26-31(4)48-49(39(5,6)7,33-19-13-9-14-20-33)34-21-15-10-16-22-34/h8-22,28-31H,23-27H2,1-7H3/t28-,29-,30-,31-/m1/s1. The van der Waals surface area contributed by atoms with E-state index in [1.54, 1.807) is 20.8 Å². The largest absolute Gasteiger partial charge is 0.462 e. The van der Waals surface area contributed by atoms with Crippen molar-refractivity contribution in [3.63, 3.8) is 0 Å². The summed E-state index contributed by atoms with van der Waals surface area (Å²) in [7, 11) is -2.86. The monoisotopic (exact) mass is 690 g/mol. The molecule has 0 aliphatic heterocycles. The molecule has 0 unspecified atom stereocenters. The summed E-state index contributed by atoms with van der Waals surface area (Å²) < 4.78 is 28.4. The predicted octanol–water partition coefficient (Wildman–Crippen LogP) is 6.05. The molecule has 0 spiro atoms. The molecule has 3 aromatic rings. The van der Waals surface area contributed by atoms with Gasteiger partial charge in [-0.1, -0.05) is 112 Å². The molecule has 0 N–H and O–H groups in total. The number of carbonyl (C=O) groups excluding carboxylic acids is 4. The van der Waals surface area contributed by atoms with Gasteiger partial charge in [-0.25, -0.2) is 0 Å². The van der Waals surface area contributed by atoms with Crippen molar-refractivity contribution >= 4 is 42.6 Å². The molecule has 0 radical (unpaired) electrons. The van der Waals surface area contributed by atoms with Gasteiger partial charge in [-0.05, 0) is 48.7 Å². The molecule has 9 nitrogen and oxygen atoms in total. The summed E-state index contributed by atoms with van der Waals surface area (Å²) in [6, 6.07) is 29.6. The highest BCUT2D eigenvalue weighted by molar-refractivity contribution is 6.99. The minimum atomic E-state index is -2.86. The Morgan fingerprint density at radius 1 is 0.531 bits per heavy atom. The smallest absolute Gasteiger partial charge is 0.309 e. The van der Waals surface area contributed by atoms with Gasteiger partial charge in [0.2, 0.25) is 0 Å². The first-order valence-corrected chi connectivity index (χ1v) is 18.7. The van der Waals surface area contributed by atoms with Crippen LogP contribution in [0.4, 0.5) is 0 Å². The van der Waals surface area contributed by atoms with Crippen LogP contribution in [0.5, 0.6) is 0 Å². The molecule has 264 valence electrons. The fraction of sp³-hybridized carbons (Fsp3) is 0.436. The highest BCUT2D eigenvalue weighted by Gasteiger charge is 2.51. The summed E-state index contributed by atoms with van der Waals surface area (Å²) >= 11 is 0. The van der Waals surface area contributed by atoms with E-state index in [4.69, 9.17) is 23.4 Å². The van der Waals surface area contributed by atoms with Crippen LogP contribution in [0.1, 0.15) is 79.7 Å². The second-order valence-electron chi connectivity index (χ2n) is 13.5. The second-order valence-corrected chi connectivity index (χ2v) is 17.7. The van der Waals surface area contributed by atoms with E-state index in [2.05, 4.69) is 45.0 Å². The van der Waals surface area contributed by atoms with Crippen LogP contribution in [0.3, 0.4) is 0 Å². The van der Waals surface area contributed by atoms with Crippen molar-refractivity contribution in [3.05, 3.63) is 96.6 Å². The van der Waals surface area contributed by atoms with E-state index in [1.807, 2.05) is 73.7 Å². The second kappa shape index (κ2) is 18.5. The lowest BCUT2D eigenvalue weighted by molar-refractivity contribution is -0.160. The number of carbonyl (C=O) groups is 4. The first kappa shape index (κ1) is 39.2. The Morgan fingerprint density at radius 3 is 1.27 bits per heavy atom. The Hall–Kier alpha value is -4.28. The van der Waals surface area contributed by atoms with E-state index in [-0.39, 0.29) is 37.3 Å². The van der Waals surface area contributed by atoms with E-state index in [9.17, 15) is 19.2 Å². The fourth-order valence-corrected chi connectivity index (χ4v) is 10.4. The third kappa shape index (κ3) is 12.3. The van der Waals surface area contributed by atoms with Gasteiger partial charge >= 0.3 is 23.9 Å². The van der Waals surface area contributed by atoms with Gasteiger partial charge in [0, 0.05) is 0 Å². The maximum Gasteiger partial charge on any atom is 0.309 e. The molecule has 10 heteroatoms. The van der Waals surface area contributed by atoms with E-state index in [0.717, 1.165) is 15.9 Å². The van der Waals surface area contributed by atoms with E-state index < -0.39 is 56.6 Å².